The number of pyridine rings is 1. The van der Waals surface area contributed by atoms with E-state index in [4.69, 9.17) is 17.3 Å². The van der Waals surface area contributed by atoms with Crippen LogP contribution in [0.1, 0.15) is 11.3 Å². The second-order valence-electron chi connectivity index (χ2n) is 3.59. The Morgan fingerprint density at radius 3 is 2.73 bits per heavy atom. The Morgan fingerprint density at radius 1 is 1.27 bits per heavy atom. The highest BCUT2D eigenvalue weighted by Gasteiger charge is 2.03. The van der Waals surface area contributed by atoms with Crippen LogP contribution in [0.25, 0.3) is 10.9 Å². The van der Waals surface area contributed by atoms with Gasteiger partial charge in [-0.1, -0.05) is 23.7 Å². The van der Waals surface area contributed by atoms with Crippen molar-refractivity contribution in [1.82, 2.24) is 4.98 Å². The van der Waals surface area contributed by atoms with E-state index in [0.29, 0.717) is 6.54 Å². The summed E-state index contributed by atoms with van der Waals surface area (Å²) in [5.74, 6) is 0. The zero-order valence-electron chi connectivity index (χ0n) is 8.63. The molecule has 0 amide bonds. The number of benzene rings is 1. The van der Waals surface area contributed by atoms with Crippen molar-refractivity contribution in [2.75, 3.05) is 6.54 Å². The van der Waals surface area contributed by atoms with Crippen LogP contribution in [0.2, 0.25) is 5.02 Å². The molecule has 1 heterocycles. The molecule has 0 spiro atoms. The van der Waals surface area contributed by atoms with Crippen molar-refractivity contribution in [2.45, 2.75) is 13.3 Å². The number of nitrogens with two attached hydrogens (primary N) is 1. The molecule has 0 radical (unpaired) electrons. The molecule has 78 valence electrons. The average Bonchev–Trinajstić information content (AvgIpc) is 2.25. The van der Waals surface area contributed by atoms with Crippen molar-refractivity contribution in [1.29, 1.82) is 0 Å². The van der Waals surface area contributed by atoms with Gasteiger partial charge in [0.15, 0.2) is 0 Å². The summed E-state index contributed by atoms with van der Waals surface area (Å²) in [5.41, 5.74) is 8.55. The topological polar surface area (TPSA) is 38.9 Å². The van der Waals surface area contributed by atoms with Crippen LogP contribution >= 0.6 is 11.6 Å². The van der Waals surface area contributed by atoms with Crippen molar-refractivity contribution in [3.63, 3.8) is 0 Å². The van der Waals surface area contributed by atoms with Crippen molar-refractivity contribution in [3.8, 4) is 0 Å². The predicted octanol–water partition coefficient (Wildman–Crippen LogP) is 2.70. The number of rotatable bonds is 2. The van der Waals surface area contributed by atoms with E-state index in [1.165, 1.54) is 0 Å². The standard InChI is InChI=1S/C12H13ClN2/c1-8-11(13)5-3-9-2-4-10(6-7-14)15-12(8)9/h2-5H,6-7,14H2,1H3. The minimum Gasteiger partial charge on any atom is -0.330 e. The van der Waals surface area contributed by atoms with Gasteiger partial charge in [-0.15, -0.1) is 0 Å². The number of hydrogen-bond acceptors (Lipinski definition) is 2. The molecule has 15 heavy (non-hydrogen) atoms. The maximum atomic E-state index is 6.05. The van der Waals surface area contributed by atoms with Gasteiger partial charge in [0.1, 0.15) is 0 Å². The number of fused-ring (bicyclic) bond motifs is 1. The Hall–Kier alpha value is -1.12. The smallest absolute Gasteiger partial charge is 0.0749 e. The largest absolute Gasteiger partial charge is 0.330 e. The van der Waals surface area contributed by atoms with Crippen LogP contribution < -0.4 is 5.73 Å². The van der Waals surface area contributed by atoms with Gasteiger partial charge in [-0.3, -0.25) is 4.98 Å². The van der Waals surface area contributed by atoms with E-state index < -0.39 is 0 Å². The lowest BCUT2D eigenvalue weighted by Crippen LogP contribution is -2.04. The summed E-state index contributed by atoms with van der Waals surface area (Å²) in [7, 11) is 0. The molecule has 0 aliphatic rings. The third-order valence-corrected chi connectivity index (χ3v) is 2.92. The van der Waals surface area contributed by atoms with E-state index in [1.54, 1.807) is 0 Å². The summed E-state index contributed by atoms with van der Waals surface area (Å²) >= 11 is 6.05. The monoisotopic (exact) mass is 220 g/mol. The Labute approximate surface area is 94.1 Å². The molecule has 0 unspecified atom stereocenters. The Kier molecular flexibility index (Phi) is 2.89. The molecule has 2 aromatic rings. The maximum absolute atomic E-state index is 6.05. The van der Waals surface area contributed by atoms with Gasteiger partial charge < -0.3 is 5.73 Å². The van der Waals surface area contributed by atoms with Crippen molar-refractivity contribution in [3.05, 3.63) is 40.5 Å². The molecule has 2 nitrogen and oxygen atoms in total. The Bertz CT molecular complexity index is 494. The van der Waals surface area contributed by atoms with Crippen LogP contribution in [-0.4, -0.2) is 11.5 Å². The van der Waals surface area contributed by atoms with Crippen molar-refractivity contribution in [2.24, 2.45) is 5.73 Å². The fraction of sp³-hybridized carbons (Fsp3) is 0.250. The number of halogens is 1. The molecular weight excluding hydrogens is 208 g/mol. The number of hydrogen-bond donors (Lipinski definition) is 1. The zero-order valence-corrected chi connectivity index (χ0v) is 9.38. The summed E-state index contributed by atoms with van der Waals surface area (Å²) in [6.07, 6.45) is 0.807. The molecule has 1 aromatic carbocycles. The van der Waals surface area contributed by atoms with Crippen molar-refractivity contribution >= 4 is 22.5 Å². The Morgan fingerprint density at radius 2 is 2.00 bits per heavy atom. The molecule has 0 aliphatic heterocycles. The normalized spacial score (nSPS) is 10.9. The van der Waals surface area contributed by atoms with Gasteiger partial charge in [-0.25, -0.2) is 0 Å². The Balaban J connectivity index is 2.63. The molecule has 0 aliphatic carbocycles. The third kappa shape index (κ3) is 1.96. The first-order valence-corrected chi connectivity index (χ1v) is 5.35. The average molecular weight is 221 g/mol. The van der Waals surface area contributed by atoms with E-state index in [1.807, 2.05) is 25.1 Å². The van der Waals surface area contributed by atoms with Gasteiger partial charge >= 0.3 is 0 Å². The second-order valence-corrected chi connectivity index (χ2v) is 3.99. The first kappa shape index (κ1) is 10.4. The molecule has 0 saturated heterocycles. The highest BCUT2D eigenvalue weighted by Crippen LogP contribution is 2.23. The highest BCUT2D eigenvalue weighted by molar-refractivity contribution is 6.32. The van der Waals surface area contributed by atoms with E-state index in [2.05, 4.69) is 11.1 Å². The van der Waals surface area contributed by atoms with Crippen LogP contribution in [0.4, 0.5) is 0 Å². The van der Waals surface area contributed by atoms with E-state index in [0.717, 1.165) is 33.6 Å². The van der Waals surface area contributed by atoms with Crippen LogP contribution in [0.5, 0.6) is 0 Å². The first-order valence-electron chi connectivity index (χ1n) is 4.97. The second kappa shape index (κ2) is 4.17. The van der Waals surface area contributed by atoms with Gasteiger partial charge in [0, 0.05) is 22.5 Å². The molecule has 0 fully saturated rings. The number of aromatic nitrogens is 1. The van der Waals surface area contributed by atoms with E-state index in [9.17, 15) is 0 Å². The van der Waals surface area contributed by atoms with Crippen LogP contribution in [0, 0.1) is 6.92 Å². The number of aryl methyl sites for hydroxylation is 1. The summed E-state index contributed by atoms with van der Waals surface area (Å²) in [6, 6.07) is 7.98. The predicted molar refractivity (Wildman–Crippen MR) is 64.2 cm³/mol. The molecule has 3 heteroatoms. The third-order valence-electron chi connectivity index (χ3n) is 2.51. The van der Waals surface area contributed by atoms with E-state index >= 15 is 0 Å². The lowest BCUT2D eigenvalue weighted by Gasteiger charge is -2.05. The quantitative estimate of drug-likeness (QED) is 0.845. The molecule has 1 aromatic heterocycles. The van der Waals surface area contributed by atoms with Gasteiger partial charge in [-0.05, 0) is 31.2 Å². The molecule has 0 atom stereocenters. The first-order chi connectivity index (χ1) is 7.22. The summed E-state index contributed by atoms with van der Waals surface area (Å²) in [4.78, 5) is 4.56. The molecule has 0 bridgehead atoms. The minimum atomic E-state index is 0.623. The lowest BCUT2D eigenvalue weighted by molar-refractivity contribution is 0.931. The zero-order chi connectivity index (χ0) is 10.8. The summed E-state index contributed by atoms with van der Waals surface area (Å²) in [6.45, 7) is 2.61. The van der Waals surface area contributed by atoms with Gasteiger partial charge in [0.05, 0.1) is 5.52 Å². The molecule has 2 N–H and O–H groups in total. The van der Waals surface area contributed by atoms with Crippen LogP contribution in [0.3, 0.4) is 0 Å². The van der Waals surface area contributed by atoms with Gasteiger partial charge in [0.2, 0.25) is 0 Å². The summed E-state index contributed by atoms with van der Waals surface area (Å²) < 4.78 is 0. The summed E-state index contributed by atoms with van der Waals surface area (Å²) in [5, 5.41) is 1.89. The molecular formula is C12H13ClN2. The van der Waals surface area contributed by atoms with Gasteiger partial charge in [0.25, 0.3) is 0 Å². The number of nitrogens with zero attached hydrogens (tertiary/aromatic N) is 1. The van der Waals surface area contributed by atoms with E-state index in [-0.39, 0.29) is 0 Å². The maximum Gasteiger partial charge on any atom is 0.0749 e. The SMILES string of the molecule is Cc1c(Cl)ccc2ccc(CCN)nc12. The fourth-order valence-electron chi connectivity index (χ4n) is 1.63. The van der Waals surface area contributed by atoms with Crippen LogP contribution in [-0.2, 0) is 6.42 Å². The van der Waals surface area contributed by atoms with Gasteiger partial charge in [-0.2, -0.15) is 0 Å². The van der Waals surface area contributed by atoms with Crippen LogP contribution in [0.15, 0.2) is 24.3 Å². The minimum absolute atomic E-state index is 0.623. The highest BCUT2D eigenvalue weighted by atomic mass is 35.5. The van der Waals surface area contributed by atoms with Crippen molar-refractivity contribution < 1.29 is 0 Å². The lowest BCUT2D eigenvalue weighted by atomic mass is 10.1. The molecule has 2 rings (SSSR count). The fourth-order valence-corrected chi connectivity index (χ4v) is 1.79. The molecule has 0 saturated carbocycles.